The van der Waals surface area contributed by atoms with Gasteiger partial charge in [0.1, 0.15) is 0 Å². The predicted octanol–water partition coefficient (Wildman–Crippen LogP) is 3.82. The summed E-state index contributed by atoms with van der Waals surface area (Å²) in [5.74, 6) is 0.804. The number of non-ortho nitro benzene ring substituents is 1. The molecule has 2 aliphatic heterocycles. The predicted molar refractivity (Wildman–Crippen MR) is 98.5 cm³/mol. The van der Waals surface area contributed by atoms with Crippen LogP contribution >= 0.6 is 0 Å². The van der Waals surface area contributed by atoms with Crippen LogP contribution in [0.25, 0.3) is 0 Å². The third-order valence-corrected chi connectivity index (χ3v) is 6.54. The number of hydrogen-bond donors (Lipinski definition) is 0. The van der Waals surface area contributed by atoms with Crippen LogP contribution in [0.5, 0.6) is 0 Å². The van der Waals surface area contributed by atoms with Crippen molar-refractivity contribution in [2.75, 3.05) is 19.6 Å². The van der Waals surface area contributed by atoms with Gasteiger partial charge in [-0.05, 0) is 43.7 Å². The second-order valence-electron chi connectivity index (χ2n) is 8.03. The Kier molecular flexibility index (Phi) is 5.04. The summed E-state index contributed by atoms with van der Waals surface area (Å²) >= 11 is 0. The molecule has 0 aromatic heterocycles. The van der Waals surface area contributed by atoms with Gasteiger partial charge in [0, 0.05) is 43.9 Å². The monoisotopic (exact) mass is 343 g/mol. The smallest absolute Gasteiger partial charge is 0.269 e. The van der Waals surface area contributed by atoms with Crippen LogP contribution in [-0.2, 0) is 6.54 Å². The highest BCUT2D eigenvalue weighted by Gasteiger charge is 2.42. The van der Waals surface area contributed by atoms with Crippen molar-refractivity contribution in [1.82, 2.24) is 9.80 Å². The van der Waals surface area contributed by atoms with E-state index >= 15 is 0 Å². The SMILES string of the molecule is O=[N+]([O-])c1cccc(CN2CCN3CCCC3C2C2CCCCC2)c1. The van der Waals surface area contributed by atoms with E-state index in [-0.39, 0.29) is 10.6 Å². The van der Waals surface area contributed by atoms with Crippen LogP contribution in [0.1, 0.15) is 50.5 Å². The maximum atomic E-state index is 11.1. The minimum atomic E-state index is -0.281. The van der Waals surface area contributed by atoms with Crippen molar-refractivity contribution in [3.8, 4) is 0 Å². The van der Waals surface area contributed by atoms with Gasteiger partial charge >= 0.3 is 0 Å². The highest BCUT2D eigenvalue weighted by atomic mass is 16.6. The first-order valence-corrected chi connectivity index (χ1v) is 9.94. The van der Waals surface area contributed by atoms with Gasteiger partial charge < -0.3 is 0 Å². The lowest BCUT2D eigenvalue weighted by atomic mass is 9.78. The lowest BCUT2D eigenvalue weighted by Crippen LogP contribution is -2.59. The Morgan fingerprint density at radius 2 is 1.88 bits per heavy atom. The molecule has 1 aliphatic carbocycles. The molecule has 2 atom stereocenters. The van der Waals surface area contributed by atoms with E-state index in [1.54, 1.807) is 12.1 Å². The lowest BCUT2D eigenvalue weighted by Gasteiger charge is -2.49. The maximum Gasteiger partial charge on any atom is 0.269 e. The normalized spacial score (nSPS) is 28.8. The average molecular weight is 343 g/mol. The van der Waals surface area contributed by atoms with E-state index in [0.717, 1.165) is 31.1 Å². The number of piperazine rings is 1. The van der Waals surface area contributed by atoms with Crippen molar-refractivity contribution in [2.24, 2.45) is 5.92 Å². The highest BCUT2D eigenvalue weighted by molar-refractivity contribution is 5.34. The molecule has 5 nitrogen and oxygen atoms in total. The summed E-state index contributed by atoms with van der Waals surface area (Å²) in [6.07, 6.45) is 9.52. The van der Waals surface area contributed by atoms with Gasteiger partial charge in [0.15, 0.2) is 0 Å². The number of nitro benzene ring substituents is 1. The summed E-state index contributed by atoms with van der Waals surface area (Å²) in [5.41, 5.74) is 1.30. The van der Waals surface area contributed by atoms with Crippen LogP contribution in [0.3, 0.4) is 0 Å². The Bertz CT molecular complexity index is 615. The molecular formula is C20H29N3O2. The zero-order valence-corrected chi connectivity index (χ0v) is 15.0. The fraction of sp³-hybridized carbons (Fsp3) is 0.700. The van der Waals surface area contributed by atoms with E-state index in [0.29, 0.717) is 12.1 Å². The Hall–Kier alpha value is -1.46. The topological polar surface area (TPSA) is 49.6 Å². The van der Waals surface area contributed by atoms with Gasteiger partial charge in [0.05, 0.1) is 4.92 Å². The number of rotatable bonds is 4. The van der Waals surface area contributed by atoms with Crippen molar-refractivity contribution >= 4 is 5.69 Å². The van der Waals surface area contributed by atoms with E-state index < -0.39 is 0 Å². The Morgan fingerprint density at radius 1 is 1.04 bits per heavy atom. The van der Waals surface area contributed by atoms with Crippen molar-refractivity contribution in [3.63, 3.8) is 0 Å². The van der Waals surface area contributed by atoms with Crippen molar-refractivity contribution in [1.29, 1.82) is 0 Å². The molecule has 3 aliphatic rings. The number of nitrogens with zero attached hydrogens (tertiary/aromatic N) is 3. The van der Waals surface area contributed by atoms with E-state index in [9.17, 15) is 10.1 Å². The third kappa shape index (κ3) is 3.58. The molecule has 0 radical (unpaired) electrons. The van der Waals surface area contributed by atoms with Crippen LogP contribution < -0.4 is 0 Å². The summed E-state index contributed by atoms with van der Waals surface area (Å²) in [6.45, 7) is 4.37. The number of fused-ring (bicyclic) bond motifs is 1. The molecule has 0 bridgehead atoms. The van der Waals surface area contributed by atoms with E-state index in [4.69, 9.17) is 0 Å². The minimum absolute atomic E-state index is 0.214. The third-order valence-electron chi connectivity index (χ3n) is 6.54. The van der Waals surface area contributed by atoms with Gasteiger partial charge in [-0.15, -0.1) is 0 Å². The molecule has 2 saturated heterocycles. The first kappa shape index (κ1) is 17.0. The van der Waals surface area contributed by atoms with Gasteiger partial charge in [0.2, 0.25) is 0 Å². The molecule has 2 heterocycles. The average Bonchev–Trinajstić information content (AvgIpc) is 3.11. The van der Waals surface area contributed by atoms with E-state index in [1.807, 2.05) is 12.1 Å². The van der Waals surface area contributed by atoms with Gasteiger partial charge in [-0.25, -0.2) is 0 Å². The quantitative estimate of drug-likeness (QED) is 0.616. The number of hydrogen-bond acceptors (Lipinski definition) is 4. The first-order chi connectivity index (χ1) is 12.2. The number of benzene rings is 1. The largest absolute Gasteiger partial charge is 0.298 e. The van der Waals surface area contributed by atoms with Gasteiger partial charge in [-0.3, -0.25) is 19.9 Å². The molecule has 0 amide bonds. The molecule has 1 aromatic rings. The Balaban J connectivity index is 1.55. The van der Waals surface area contributed by atoms with Crippen LogP contribution in [0.4, 0.5) is 5.69 Å². The highest BCUT2D eigenvalue weighted by Crippen LogP contribution is 2.38. The lowest BCUT2D eigenvalue weighted by molar-refractivity contribution is -0.384. The molecule has 3 fully saturated rings. The first-order valence-electron chi connectivity index (χ1n) is 9.94. The van der Waals surface area contributed by atoms with E-state index in [1.165, 1.54) is 51.5 Å². The zero-order valence-electron chi connectivity index (χ0n) is 15.0. The molecule has 0 spiro atoms. The van der Waals surface area contributed by atoms with Gasteiger partial charge in [0.25, 0.3) is 5.69 Å². The summed E-state index contributed by atoms with van der Waals surface area (Å²) in [6, 6.07) is 8.57. The Labute approximate surface area is 150 Å². The zero-order chi connectivity index (χ0) is 17.2. The summed E-state index contributed by atoms with van der Waals surface area (Å²) in [7, 11) is 0. The van der Waals surface area contributed by atoms with Crippen LogP contribution in [0.2, 0.25) is 0 Å². The van der Waals surface area contributed by atoms with Gasteiger partial charge in [-0.2, -0.15) is 0 Å². The molecule has 1 aromatic carbocycles. The van der Waals surface area contributed by atoms with Crippen LogP contribution in [-0.4, -0.2) is 46.4 Å². The molecule has 2 unspecified atom stereocenters. The molecule has 136 valence electrons. The summed E-state index contributed by atoms with van der Waals surface area (Å²) < 4.78 is 0. The minimum Gasteiger partial charge on any atom is -0.298 e. The molecular weight excluding hydrogens is 314 g/mol. The van der Waals surface area contributed by atoms with Crippen LogP contribution in [0, 0.1) is 16.0 Å². The standard InChI is InChI=1S/C20H29N3O2/c24-23(25)18-9-4-6-16(14-18)15-22-13-12-21-11-5-10-19(21)20(22)17-7-2-1-3-8-17/h4,6,9,14,17,19-20H,1-3,5,7-8,10-13,15H2. The van der Waals surface area contributed by atoms with Crippen molar-refractivity contribution < 1.29 is 4.92 Å². The molecule has 1 saturated carbocycles. The number of nitro groups is 1. The molecule has 4 rings (SSSR count). The fourth-order valence-corrected chi connectivity index (χ4v) is 5.44. The fourth-order valence-electron chi connectivity index (χ4n) is 5.44. The summed E-state index contributed by atoms with van der Waals surface area (Å²) in [5, 5.41) is 11.1. The molecule has 25 heavy (non-hydrogen) atoms. The van der Waals surface area contributed by atoms with Crippen molar-refractivity contribution in [2.45, 2.75) is 63.6 Å². The van der Waals surface area contributed by atoms with E-state index in [2.05, 4.69) is 9.80 Å². The van der Waals surface area contributed by atoms with Gasteiger partial charge in [-0.1, -0.05) is 31.4 Å². The molecule has 0 N–H and O–H groups in total. The maximum absolute atomic E-state index is 11.1. The molecule has 5 heteroatoms. The Morgan fingerprint density at radius 3 is 2.68 bits per heavy atom. The summed E-state index contributed by atoms with van der Waals surface area (Å²) in [4.78, 5) is 16.2. The second-order valence-corrected chi connectivity index (χ2v) is 8.03. The van der Waals surface area contributed by atoms with Crippen LogP contribution in [0.15, 0.2) is 24.3 Å². The second kappa shape index (κ2) is 7.42. The van der Waals surface area contributed by atoms with Crippen molar-refractivity contribution in [3.05, 3.63) is 39.9 Å².